The number of hydrogen-bond acceptors (Lipinski definition) is 5. The molecule has 1 heterocycles. The maximum atomic E-state index is 12.2. The molecule has 0 spiro atoms. The Balaban J connectivity index is 2.96. The molecule has 1 N–H and O–H groups in total. The van der Waals surface area contributed by atoms with Crippen molar-refractivity contribution in [2.24, 2.45) is 0 Å². The molecule has 0 radical (unpaired) electrons. The average Bonchev–Trinajstić information content (AvgIpc) is 2.30. The molecule has 0 aliphatic carbocycles. The minimum absolute atomic E-state index is 0.0490. The number of nitrogens with zero attached hydrogens (tertiary/aromatic N) is 2. The van der Waals surface area contributed by atoms with Gasteiger partial charge < -0.3 is 9.84 Å². The van der Waals surface area contributed by atoms with Gasteiger partial charge in [-0.25, -0.2) is 8.42 Å². The van der Waals surface area contributed by atoms with Crippen LogP contribution in [0.25, 0.3) is 0 Å². The maximum Gasteiger partial charge on any atom is 0.305 e. The van der Waals surface area contributed by atoms with Crippen LogP contribution in [0.3, 0.4) is 0 Å². The largest absolute Gasteiger partial charge is 0.481 e. The van der Waals surface area contributed by atoms with E-state index < -0.39 is 27.3 Å². The second kappa shape index (κ2) is 6.13. The van der Waals surface area contributed by atoms with Crippen molar-refractivity contribution in [1.29, 1.82) is 5.26 Å². The minimum atomic E-state index is -3.79. The number of nitriles is 1. The van der Waals surface area contributed by atoms with Crippen LogP contribution in [-0.4, -0.2) is 54.8 Å². The Morgan fingerprint density at radius 3 is 2.83 bits per heavy atom. The van der Waals surface area contributed by atoms with Crippen LogP contribution in [0.2, 0.25) is 0 Å². The number of rotatable bonds is 5. The van der Waals surface area contributed by atoms with E-state index in [4.69, 9.17) is 15.1 Å². The first-order valence-electron chi connectivity index (χ1n) is 5.63. The molecular formula is C10H16N2O5S. The quantitative estimate of drug-likeness (QED) is 0.744. The molecule has 1 fully saturated rings. The Morgan fingerprint density at radius 1 is 1.67 bits per heavy atom. The smallest absolute Gasteiger partial charge is 0.305 e. The number of ether oxygens (including phenoxy) is 1. The molecular weight excluding hydrogens is 260 g/mol. The van der Waals surface area contributed by atoms with E-state index in [1.165, 1.54) is 0 Å². The van der Waals surface area contributed by atoms with Crippen molar-refractivity contribution in [2.45, 2.75) is 31.1 Å². The molecule has 0 saturated carbocycles. The molecule has 0 aromatic carbocycles. The summed E-state index contributed by atoms with van der Waals surface area (Å²) in [6.07, 6.45) is -0.142. The molecule has 102 valence electrons. The molecule has 1 rings (SSSR count). The summed E-state index contributed by atoms with van der Waals surface area (Å²) >= 11 is 0. The Labute approximate surface area is 106 Å². The van der Waals surface area contributed by atoms with Crippen LogP contribution in [0, 0.1) is 11.3 Å². The molecule has 1 saturated heterocycles. The first kappa shape index (κ1) is 14.9. The topological polar surface area (TPSA) is 108 Å². The normalized spacial score (nSPS) is 23.2. The lowest BCUT2D eigenvalue weighted by Crippen LogP contribution is -2.52. The van der Waals surface area contributed by atoms with Gasteiger partial charge in [-0.1, -0.05) is 6.92 Å². The Morgan fingerprint density at radius 2 is 2.33 bits per heavy atom. The van der Waals surface area contributed by atoms with Gasteiger partial charge in [-0.15, -0.1) is 0 Å². The molecule has 0 amide bonds. The summed E-state index contributed by atoms with van der Waals surface area (Å²) in [5, 5.41) is 16.5. The Bertz CT molecular complexity index is 442. The summed E-state index contributed by atoms with van der Waals surface area (Å²) in [6, 6.07) is 1.01. The van der Waals surface area contributed by atoms with Crippen molar-refractivity contribution >= 4 is 16.0 Å². The standard InChI is InChI=1S/C10H16N2O5S/c1-2-9(6-11)18(15,16)12-3-4-17-7-8(12)5-10(13)14/h8-9H,2-5,7H2,1H3,(H,13,14). The van der Waals surface area contributed by atoms with Gasteiger partial charge in [0.15, 0.2) is 5.25 Å². The second-order valence-electron chi connectivity index (χ2n) is 4.01. The number of carboxylic acids is 1. The van der Waals surface area contributed by atoms with E-state index in [0.29, 0.717) is 0 Å². The van der Waals surface area contributed by atoms with E-state index >= 15 is 0 Å². The highest BCUT2D eigenvalue weighted by Crippen LogP contribution is 2.20. The highest BCUT2D eigenvalue weighted by Gasteiger charge is 2.38. The number of aliphatic carboxylic acids is 1. The molecule has 0 aromatic rings. The van der Waals surface area contributed by atoms with Crippen molar-refractivity contribution in [2.75, 3.05) is 19.8 Å². The lowest BCUT2D eigenvalue weighted by molar-refractivity contribution is -0.139. The van der Waals surface area contributed by atoms with Crippen LogP contribution in [0.1, 0.15) is 19.8 Å². The molecule has 0 aromatic heterocycles. The van der Waals surface area contributed by atoms with E-state index in [9.17, 15) is 13.2 Å². The van der Waals surface area contributed by atoms with Gasteiger partial charge in [0, 0.05) is 6.54 Å². The fraction of sp³-hybridized carbons (Fsp3) is 0.800. The summed E-state index contributed by atoms with van der Waals surface area (Å²) in [6.45, 7) is 1.97. The van der Waals surface area contributed by atoms with Crippen LogP contribution in [0.15, 0.2) is 0 Å². The van der Waals surface area contributed by atoms with E-state index in [1.54, 1.807) is 13.0 Å². The summed E-state index contributed by atoms with van der Waals surface area (Å²) in [7, 11) is -3.79. The average molecular weight is 276 g/mol. The zero-order valence-electron chi connectivity index (χ0n) is 10.1. The third kappa shape index (κ3) is 3.19. The van der Waals surface area contributed by atoms with E-state index in [1.807, 2.05) is 0 Å². The van der Waals surface area contributed by atoms with Crippen LogP contribution < -0.4 is 0 Å². The third-order valence-electron chi connectivity index (χ3n) is 2.78. The molecule has 0 bridgehead atoms. The minimum Gasteiger partial charge on any atom is -0.481 e. The van der Waals surface area contributed by atoms with Gasteiger partial charge in [-0.2, -0.15) is 9.57 Å². The molecule has 8 heteroatoms. The number of sulfonamides is 1. The van der Waals surface area contributed by atoms with Crippen LogP contribution >= 0.6 is 0 Å². The molecule has 2 atom stereocenters. The van der Waals surface area contributed by atoms with Gasteiger partial charge in [0.05, 0.1) is 31.7 Å². The second-order valence-corrected chi connectivity index (χ2v) is 6.08. The van der Waals surface area contributed by atoms with Gasteiger partial charge in [-0.3, -0.25) is 4.79 Å². The predicted octanol–water partition coefficient (Wildman–Crippen LogP) is -0.206. The van der Waals surface area contributed by atoms with Crippen molar-refractivity contribution in [3.63, 3.8) is 0 Å². The van der Waals surface area contributed by atoms with Crippen molar-refractivity contribution in [1.82, 2.24) is 4.31 Å². The SMILES string of the molecule is CCC(C#N)S(=O)(=O)N1CCOCC1CC(=O)O. The van der Waals surface area contributed by atoms with E-state index in [0.717, 1.165) is 4.31 Å². The van der Waals surface area contributed by atoms with E-state index in [2.05, 4.69) is 0 Å². The molecule has 7 nitrogen and oxygen atoms in total. The first-order valence-corrected chi connectivity index (χ1v) is 7.13. The summed E-state index contributed by atoms with van der Waals surface area (Å²) in [5.74, 6) is -1.09. The number of carbonyl (C=O) groups is 1. The summed E-state index contributed by atoms with van der Waals surface area (Å²) in [5.41, 5.74) is 0. The van der Waals surface area contributed by atoms with Crippen molar-refractivity contribution in [3.05, 3.63) is 0 Å². The fourth-order valence-corrected chi connectivity index (χ4v) is 3.63. The zero-order valence-corrected chi connectivity index (χ0v) is 10.9. The maximum absolute atomic E-state index is 12.2. The Kier molecular flexibility index (Phi) is 5.07. The number of carboxylic acid groups (broad SMARTS) is 1. The Hall–Kier alpha value is -1.17. The first-order chi connectivity index (χ1) is 8.43. The zero-order chi connectivity index (χ0) is 13.8. The summed E-state index contributed by atoms with van der Waals surface area (Å²) in [4.78, 5) is 10.7. The summed E-state index contributed by atoms with van der Waals surface area (Å²) < 4.78 is 30.6. The van der Waals surface area contributed by atoms with Crippen LogP contribution in [-0.2, 0) is 19.6 Å². The third-order valence-corrected chi connectivity index (χ3v) is 5.08. The molecule has 1 aliphatic heterocycles. The lowest BCUT2D eigenvalue weighted by Gasteiger charge is -2.34. The van der Waals surface area contributed by atoms with Gasteiger partial charge in [0.25, 0.3) is 0 Å². The van der Waals surface area contributed by atoms with Crippen LogP contribution in [0.5, 0.6) is 0 Å². The fourth-order valence-electron chi connectivity index (χ4n) is 1.87. The molecule has 2 unspecified atom stereocenters. The van der Waals surface area contributed by atoms with Gasteiger partial charge in [0.1, 0.15) is 0 Å². The number of hydrogen-bond donors (Lipinski definition) is 1. The van der Waals surface area contributed by atoms with Crippen molar-refractivity contribution in [3.8, 4) is 6.07 Å². The highest BCUT2D eigenvalue weighted by atomic mass is 32.2. The predicted molar refractivity (Wildman–Crippen MR) is 62.2 cm³/mol. The van der Waals surface area contributed by atoms with E-state index in [-0.39, 0.29) is 32.6 Å². The number of morpholine rings is 1. The monoisotopic (exact) mass is 276 g/mol. The molecule has 18 heavy (non-hydrogen) atoms. The van der Waals surface area contributed by atoms with Crippen molar-refractivity contribution < 1.29 is 23.1 Å². The van der Waals surface area contributed by atoms with Gasteiger partial charge in [-0.05, 0) is 6.42 Å². The van der Waals surface area contributed by atoms with Gasteiger partial charge >= 0.3 is 5.97 Å². The lowest BCUT2D eigenvalue weighted by atomic mass is 10.2. The molecule has 1 aliphatic rings. The highest BCUT2D eigenvalue weighted by molar-refractivity contribution is 7.90. The van der Waals surface area contributed by atoms with Gasteiger partial charge in [0.2, 0.25) is 10.0 Å². The van der Waals surface area contributed by atoms with Crippen LogP contribution in [0.4, 0.5) is 0 Å².